The third-order valence-electron chi connectivity index (χ3n) is 0.379. The molecule has 0 bridgehead atoms. The molecule has 1 heterocycles. The first-order chi connectivity index (χ1) is 2.50. The van der Waals surface area contributed by atoms with E-state index in [1.165, 1.54) is 0 Å². The van der Waals surface area contributed by atoms with E-state index in [0.717, 1.165) is 0 Å². The molecule has 0 fully saturated rings. The molecular weight excluding hydrogens is 128 g/mol. The molecule has 1 nitrogen and oxygen atoms in total. The van der Waals surface area contributed by atoms with E-state index in [-0.39, 0.29) is 24.8 Å². The van der Waals surface area contributed by atoms with Crippen LogP contribution in [-0.2, 0) is 17.4 Å². The smallest absolute Gasteiger partial charge is 0 e. The maximum Gasteiger partial charge on any atom is 0 e. The van der Waals surface area contributed by atoms with Gasteiger partial charge >= 0.3 is 0 Å². The van der Waals surface area contributed by atoms with Crippen molar-refractivity contribution >= 4 is 0 Å². The summed E-state index contributed by atoms with van der Waals surface area (Å²) in [5.74, 6) is 0. The Bertz CT molecular complexity index is 64.6. The van der Waals surface area contributed by atoms with E-state index in [1.807, 2.05) is 0 Å². The van der Waals surface area contributed by atoms with Crippen LogP contribution in [0.15, 0.2) is 22.8 Å². The first-order valence-corrected chi connectivity index (χ1v) is 1.40. The van der Waals surface area contributed by atoms with Crippen LogP contribution in [0, 0.1) is 6.26 Å². The zero-order chi connectivity index (χ0) is 3.54. The van der Waals surface area contributed by atoms with E-state index >= 15 is 0 Å². The van der Waals surface area contributed by atoms with Gasteiger partial charge in [0.25, 0.3) is 0 Å². The summed E-state index contributed by atoms with van der Waals surface area (Å²) in [6, 6.07) is 3.49. The first-order valence-electron chi connectivity index (χ1n) is 1.40. The van der Waals surface area contributed by atoms with Gasteiger partial charge in [-0.05, 0) is 6.26 Å². The predicted molar refractivity (Wildman–Crippen MR) is 24.3 cm³/mol. The minimum absolute atomic E-state index is 0. The molecule has 0 unspecified atom stereocenters. The zero-order valence-electron chi connectivity index (χ0n) is 3.05. The van der Waals surface area contributed by atoms with Crippen molar-refractivity contribution in [2.24, 2.45) is 0 Å². The molecule has 0 atom stereocenters. The third kappa shape index (κ3) is 3.65. The molecule has 0 amide bonds. The van der Waals surface area contributed by atoms with Crippen molar-refractivity contribution in [1.29, 1.82) is 0 Å². The van der Waals surface area contributed by atoms with Crippen molar-refractivity contribution in [2.75, 3.05) is 0 Å². The molecule has 40 valence electrons. The first kappa shape index (κ1) is 9.94. The van der Waals surface area contributed by atoms with Crippen molar-refractivity contribution in [1.82, 2.24) is 0 Å². The Morgan fingerprint density at radius 2 is 2.14 bits per heavy atom. The quantitative estimate of drug-likeness (QED) is 0.493. The average Bonchev–Trinajstić information content (AvgIpc) is 1.76. The predicted octanol–water partition coefficient (Wildman–Crippen LogP) is 1.71. The van der Waals surface area contributed by atoms with Gasteiger partial charge in [-0.15, -0.1) is 6.07 Å². The van der Waals surface area contributed by atoms with Crippen LogP contribution in [0.4, 0.5) is 0 Å². The second-order valence-corrected chi connectivity index (χ2v) is 0.731. The topological polar surface area (TPSA) is 13.1 Å². The Morgan fingerprint density at radius 3 is 2.29 bits per heavy atom. The van der Waals surface area contributed by atoms with Crippen LogP contribution in [0.3, 0.4) is 0 Å². The zero-order valence-corrected chi connectivity index (χ0v) is 4.32. The molecule has 0 aliphatic heterocycles. The summed E-state index contributed by atoms with van der Waals surface area (Å²) in [4.78, 5) is 0. The van der Waals surface area contributed by atoms with E-state index in [9.17, 15) is 0 Å². The van der Waals surface area contributed by atoms with Gasteiger partial charge < -0.3 is 4.42 Å². The summed E-state index contributed by atoms with van der Waals surface area (Å²) in [6.07, 6.45) is 4.06. The Hall–Kier alpha value is -0.188. The summed E-state index contributed by atoms with van der Waals surface area (Å²) >= 11 is 0. The molecule has 0 spiro atoms. The largest absolute Gasteiger partial charge is 0.599 e. The molecule has 0 aromatic carbocycles. The number of rotatable bonds is 0. The molecule has 0 aliphatic rings. The maximum atomic E-state index is 4.46. The second kappa shape index (κ2) is 5.81. The summed E-state index contributed by atoms with van der Waals surface area (Å²) in [7, 11) is 0. The van der Waals surface area contributed by atoms with Gasteiger partial charge in [0.1, 0.15) is 0 Å². The molecule has 2 heteroatoms. The SMILES string of the molecule is C.[Cr].[c-]1ccco1. The molecule has 1 aromatic heterocycles. The van der Waals surface area contributed by atoms with Crippen LogP contribution in [0.5, 0.6) is 0 Å². The second-order valence-electron chi connectivity index (χ2n) is 0.731. The Morgan fingerprint density at radius 1 is 1.43 bits per heavy atom. The summed E-state index contributed by atoms with van der Waals surface area (Å²) < 4.78 is 4.46. The van der Waals surface area contributed by atoms with Crippen molar-refractivity contribution < 1.29 is 21.8 Å². The molecule has 1 rings (SSSR count). The normalized spacial score (nSPS) is 5.71. The standard InChI is InChI=1S/C4H3O.CH4.Cr/c1-2-4-5-3-1;;/h1-3H;1H4;/q-1;;. The van der Waals surface area contributed by atoms with E-state index in [1.54, 1.807) is 18.4 Å². The molecule has 1 aromatic rings. The van der Waals surface area contributed by atoms with Gasteiger partial charge in [-0.1, -0.05) is 13.7 Å². The monoisotopic (exact) mass is 135 g/mol. The van der Waals surface area contributed by atoms with E-state index in [4.69, 9.17) is 0 Å². The Balaban J connectivity index is 0. The van der Waals surface area contributed by atoms with Gasteiger partial charge in [-0.2, -0.15) is 6.07 Å². The molecule has 0 radical (unpaired) electrons. The van der Waals surface area contributed by atoms with Crippen LogP contribution < -0.4 is 0 Å². The van der Waals surface area contributed by atoms with Gasteiger partial charge in [0, 0.05) is 17.4 Å². The van der Waals surface area contributed by atoms with Crippen LogP contribution in [-0.4, -0.2) is 0 Å². The van der Waals surface area contributed by atoms with E-state index in [2.05, 4.69) is 10.7 Å². The van der Waals surface area contributed by atoms with Crippen LogP contribution >= 0.6 is 0 Å². The third-order valence-corrected chi connectivity index (χ3v) is 0.379. The van der Waals surface area contributed by atoms with Gasteiger partial charge in [0.2, 0.25) is 0 Å². The Kier molecular flexibility index (Phi) is 8.25. The fourth-order valence-corrected chi connectivity index (χ4v) is 0.196. The molecular formula is C5H7CrO-. The van der Waals surface area contributed by atoms with E-state index in [0.29, 0.717) is 0 Å². The molecule has 0 saturated carbocycles. The molecule has 0 N–H and O–H groups in total. The number of hydrogen-bond donors (Lipinski definition) is 0. The van der Waals surface area contributed by atoms with Crippen LogP contribution in [0.25, 0.3) is 0 Å². The van der Waals surface area contributed by atoms with Gasteiger partial charge in [-0.3, -0.25) is 0 Å². The van der Waals surface area contributed by atoms with Crippen molar-refractivity contribution in [2.45, 2.75) is 7.43 Å². The van der Waals surface area contributed by atoms with Crippen molar-refractivity contribution in [3.8, 4) is 0 Å². The van der Waals surface area contributed by atoms with E-state index < -0.39 is 0 Å². The molecule has 0 saturated heterocycles. The summed E-state index contributed by atoms with van der Waals surface area (Å²) in [5.41, 5.74) is 0. The minimum Gasteiger partial charge on any atom is -0.599 e. The van der Waals surface area contributed by atoms with Crippen molar-refractivity contribution in [3.63, 3.8) is 0 Å². The Labute approximate surface area is 54.5 Å². The summed E-state index contributed by atoms with van der Waals surface area (Å²) in [6.45, 7) is 0. The van der Waals surface area contributed by atoms with Gasteiger partial charge in [-0.25, -0.2) is 0 Å². The number of hydrogen-bond acceptors (Lipinski definition) is 1. The van der Waals surface area contributed by atoms with Crippen LogP contribution in [0.1, 0.15) is 7.43 Å². The molecule has 0 aliphatic carbocycles. The van der Waals surface area contributed by atoms with Gasteiger partial charge in [0.15, 0.2) is 0 Å². The fourth-order valence-electron chi connectivity index (χ4n) is 0.196. The summed E-state index contributed by atoms with van der Waals surface area (Å²) in [5, 5.41) is 0. The van der Waals surface area contributed by atoms with Crippen LogP contribution in [0.2, 0.25) is 0 Å². The number of furan rings is 1. The van der Waals surface area contributed by atoms with Gasteiger partial charge in [0.05, 0.1) is 0 Å². The minimum atomic E-state index is 0. The average molecular weight is 135 g/mol. The molecule has 7 heavy (non-hydrogen) atoms. The van der Waals surface area contributed by atoms with Crippen molar-refractivity contribution in [3.05, 3.63) is 24.7 Å². The fraction of sp³-hybridized carbons (Fsp3) is 0.200. The maximum absolute atomic E-state index is 4.46.